The highest BCUT2D eigenvalue weighted by Gasteiger charge is 2.18. The van der Waals surface area contributed by atoms with Crippen LogP contribution < -0.4 is 9.47 Å². The summed E-state index contributed by atoms with van der Waals surface area (Å²) in [6.07, 6.45) is 0. The molecule has 23 heavy (non-hydrogen) atoms. The van der Waals surface area contributed by atoms with Crippen LogP contribution in [0.25, 0.3) is 0 Å². The third kappa shape index (κ3) is 4.37. The molecule has 0 aliphatic heterocycles. The fourth-order valence-corrected chi connectivity index (χ4v) is 1.74. The van der Waals surface area contributed by atoms with E-state index in [0.717, 1.165) is 6.07 Å². The third-order valence-corrected chi connectivity index (χ3v) is 2.78. The molecule has 2 aromatic rings. The summed E-state index contributed by atoms with van der Waals surface area (Å²) in [5.74, 6) is -0.936. The van der Waals surface area contributed by atoms with Crippen LogP contribution in [0.3, 0.4) is 0 Å². The number of nitro groups is 1. The van der Waals surface area contributed by atoms with Crippen molar-refractivity contribution in [2.75, 3.05) is 6.61 Å². The molecule has 0 bridgehead atoms. The number of ether oxygens (including phenoxy) is 2. The number of Topliss-reactive ketones (excluding diaryl/α,β-unsaturated/α-hetero) is 1. The van der Waals surface area contributed by atoms with Crippen molar-refractivity contribution in [2.24, 2.45) is 0 Å². The largest absolute Gasteiger partial charge is 0.479 e. The molecule has 0 N–H and O–H groups in total. The average molecular weight is 315 g/mol. The van der Waals surface area contributed by atoms with Gasteiger partial charge in [0.05, 0.1) is 10.5 Å². The molecule has 0 heterocycles. The molecule has 0 fully saturated rings. The molecular weight excluding hydrogens is 302 g/mol. The Morgan fingerprint density at radius 3 is 2.43 bits per heavy atom. The lowest BCUT2D eigenvalue weighted by Crippen LogP contribution is -2.10. The highest BCUT2D eigenvalue weighted by Crippen LogP contribution is 2.31. The van der Waals surface area contributed by atoms with Gasteiger partial charge in [-0.2, -0.15) is 0 Å². The Hall–Kier alpha value is -3.22. The molecule has 0 saturated carbocycles. The number of nitrogens with zero attached hydrogens (tertiary/aromatic N) is 1. The number of hydrogen-bond donors (Lipinski definition) is 0. The van der Waals surface area contributed by atoms with Crippen LogP contribution in [0.15, 0.2) is 48.5 Å². The van der Waals surface area contributed by atoms with E-state index in [4.69, 9.17) is 9.47 Å². The number of benzene rings is 2. The van der Waals surface area contributed by atoms with Crippen LogP contribution in [-0.2, 0) is 4.79 Å². The van der Waals surface area contributed by atoms with E-state index in [2.05, 4.69) is 0 Å². The van der Waals surface area contributed by atoms with Gasteiger partial charge in [0.2, 0.25) is 5.75 Å². The summed E-state index contributed by atoms with van der Waals surface area (Å²) >= 11 is 0. The molecule has 0 aliphatic carbocycles. The molecule has 0 amide bonds. The monoisotopic (exact) mass is 315 g/mol. The molecule has 0 unspecified atom stereocenters. The van der Waals surface area contributed by atoms with E-state index in [1.54, 1.807) is 30.3 Å². The van der Waals surface area contributed by atoms with Gasteiger partial charge in [-0.3, -0.25) is 14.9 Å². The van der Waals surface area contributed by atoms with Gasteiger partial charge in [0.15, 0.2) is 5.78 Å². The Kier molecular flexibility index (Phi) is 5.03. The molecule has 0 saturated heterocycles. The zero-order valence-corrected chi connectivity index (χ0v) is 12.2. The molecule has 2 rings (SSSR count). The van der Waals surface area contributed by atoms with E-state index in [9.17, 15) is 19.7 Å². The first-order valence-electron chi connectivity index (χ1n) is 6.65. The fourth-order valence-electron chi connectivity index (χ4n) is 1.74. The van der Waals surface area contributed by atoms with Gasteiger partial charge in [0.25, 0.3) is 0 Å². The summed E-state index contributed by atoms with van der Waals surface area (Å²) in [4.78, 5) is 33.2. The molecule has 118 valence electrons. The number of rotatable bonds is 6. The van der Waals surface area contributed by atoms with Crippen LogP contribution in [0.4, 0.5) is 5.69 Å². The molecule has 0 aliphatic rings. The smallest absolute Gasteiger partial charge is 0.343 e. The van der Waals surface area contributed by atoms with Crippen molar-refractivity contribution in [3.63, 3.8) is 0 Å². The molecule has 0 spiro atoms. The maximum absolute atomic E-state index is 12.0. The predicted molar refractivity (Wildman–Crippen MR) is 80.7 cm³/mol. The SMILES string of the molecule is CC(=O)COc1cc(OC(=O)c2ccccc2)ccc1[N+](=O)[O-]. The van der Waals surface area contributed by atoms with Crippen molar-refractivity contribution in [1.29, 1.82) is 0 Å². The number of hydrogen-bond acceptors (Lipinski definition) is 6. The summed E-state index contributed by atoms with van der Waals surface area (Å²) in [7, 11) is 0. The van der Waals surface area contributed by atoms with E-state index in [1.165, 1.54) is 19.1 Å². The third-order valence-electron chi connectivity index (χ3n) is 2.78. The minimum atomic E-state index is -0.641. The Morgan fingerprint density at radius 2 is 1.83 bits per heavy atom. The van der Waals surface area contributed by atoms with E-state index >= 15 is 0 Å². The summed E-state index contributed by atoms with van der Waals surface area (Å²) in [6.45, 7) is 0.988. The van der Waals surface area contributed by atoms with Crippen molar-refractivity contribution in [1.82, 2.24) is 0 Å². The molecule has 0 aromatic heterocycles. The summed E-state index contributed by atoms with van der Waals surface area (Å²) in [5.41, 5.74) is 0.0304. The van der Waals surface area contributed by atoms with Crippen LogP contribution in [0.2, 0.25) is 0 Å². The lowest BCUT2D eigenvalue weighted by molar-refractivity contribution is -0.385. The maximum atomic E-state index is 12.0. The lowest BCUT2D eigenvalue weighted by atomic mass is 10.2. The second-order valence-electron chi connectivity index (χ2n) is 4.63. The normalized spacial score (nSPS) is 9.96. The minimum Gasteiger partial charge on any atom is -0.479 e. The van der Waals surface area contributed by atoms with Crippen LogP contribution in [0.5, 0.6) is 11.5 Å². The number of carbonyl (C=O) groups is 2. The van der Waals surface area contributed by atoms with E-state index in [0.29, 0.717) is 5.56 Å². The molecule has 0 atom stereocenters. The topological polar surface area (TPSA) is 95.7 Å². The van der Waals surface area contributed by atoms with Crippen LogP contribution in [-0.4, -0.2) is 23.3 Å². The molecule has 7 heteroatoms. The van der Waals surface area contributed by atoms with Crippen LogP contribution in [0, 0.1) is 10.1 Å². The fraction of sp³-hybridized carbons (Fsp3) is 0.125. The van der Waals surface area contributed by atoms with Gasteiger partial charge in [-0.25, -0.2) is 4.79 Å². The highest BCUT2D eigenvalue weighted by atomic mass is 16.6. The lowest BCUT2D eigenvalue weighted by Gasteiger charge is -2.08. The van der Waals surface area contributed by atoms with Gasteiger partial charge < -0.3 is 9.47 Å². The Labute approximate surface area is 131 Å². The van der Waals surface area contributed by atoms with E-state index < -0.39 is 10.9 Å². The Morgan fingerprint density at radius 1 is 1.13 bits per heavy atom. The Bertz CT molecular complexity index is 741. The predicted octanol–water partition coefficient (Wildman–Crippen LogP) is 2.78. The van der Waals surface area contributed by atoms with Crippen molar-refractivity contribution in [3.8, 4) is 11.5 Å². The summed E-state index contributed by atoms with van der Waals surface area (Å²) < 4.78 is 10.3. The first kappa shape index (κ1) is 16.2. The summed E-state index contributed by atoms with van der Waals surface area (Å²) in [5, 5.41) is 11.0. The Balaban J connectivity index is 2.22. The van der Waals surface area contributed by atoms with Gasteiger partial charge in [0, 0.05) is 12.1 Å². The van der Waals surface area contributed by atoms with Crippen molar-refractivity contribution < 1.29 is 24.0 Å². The molecule has 2 aromatic carbocycles. The maximum Gasteiger partial charge on any atom is 0.343 e. The average Bonchev–Trinajstić information content (AvgIpc) is 2.53. The molecular formula is C16H13NO6. The van der Waals surface area contributed by atoms with Gasteiger partial charge in [0.1, 0.15) is 12.4 Å². The van der Waals surface area contributed by atoms with E-state index in [1.807, 2.05) is 0 Å². The highest BCUT2D eigenvalue weighted by molar-refractivity contribution is 5.91. The number of esters is 1. The van der Waals surface area contributed by atoms with Gasteiger partial charge in [-0.05, 0) is 25.1 Å². The van der Waals surface area contributed by atoms with Crippen molar-refractivity contribution >= 4 is 17.4 Å². The van der Waals surface area contributed by atoms with Gasteiger partial charge in [-0.15, -0.1) is 0 Å². The number of carbonyl (C=O) groups excluding carboxylic acids is 2. The zero-order chi connectivity index (χ0) is 16.8. The van der Waals surface area contributed by atoms with E-state index in [-0.39, 0.29) is 29.6 Å². The zero-order valence-electron chi connectivity index (χ0n) is 12.2. The second-order valence-corrected chi connectivity index (χ2v) is 4.63. The number of nitro benzene ring substituents is 1. The van der Waals surface area contributed by atoms with Crippen molar-refractivity contribution in [2.45, 2.75) is 6.92 Å². The first-order valence-corrected chi connectivity index (χ1v) is 6.65. The van der Waals surface area contributed by atoms with Crippen molar-refractivity contribution in [3.05, 3.63) is 64.2 Å². The summed E-state index contributed by atoms with van der Waals surface area (Å²) in [6, 6.07) is 12.0. The standard InChI is InChI=1S/C16H13NO6/c1-11(18)10-22-15-9-13(7-8-14(15)17(20)21)23-16(19)12-5-3-2-4-6-12/h2-9H,10H2,1H3. The second kappa shape index (κ2) is 7.17. The van der Waals surface area contributed by atoms with Crippen LogP contribution in [0.1, 0.15) is 17.3 Å². The van der Waals surface area contributed by atoms with Gasteiger partial charge in [-0.1, -0.05) is 18.2 Å². The van der Waals surface area contributed by atoms with Crippen LogP contribution >= 0.6 is 0 Å². The molecule has 0 radical (unpaired) electrons. The molecule has 7 nitrogen and oxygen atoms in total. The first-order chi connectivity index (χ1) is 11.0. The van der Waals surface area contributed by atoms with Gasteiger partial charge >= 0.3 is 11.7 Å². The quantitative estimate of drug-likeness (QED) is 0.352. The minimum absolute atomic E-state index is 0.0861. The number of ketones is 1.